The molecule has 10 heteroatoms. The molecule has 0 saturated carbocycles. The van der Waals surface area contributed by atoms with Gasteiger partial charge in [0.25, 0.3) is 11.8 Å². The van der Waals surface area contributed by atoms with Gasteiger partial charge in [0.15, 0.2) is 11.5 Å². The number of ether oxygens (including phenoxy) is 2. The van der Waals surface area contributed by atoms with E-state index in [4.69, 9.17) is 9.47 Å². The van der Waals surface area contributed by atoms with E-state index in [9.17, 15) is 18.8 Å². The van der Waals surface area contributed by atoms with E-state index in [1.54, 1.807) is 48.5 Å². The fraction of sp³-hybridized carbons (Fsp3) is 0.115. The summed E-state index contributed by atoms with van der Waals surface area (Å²) < 4.78 is 26.6. The number of rotatable bonds is 7. The summed E-state index contributed by atoms with van der Waals surface area (Å²) in [7, 11) is 0. The number of imide groups is 2. The molecule has 0 aromatic heterocycles. The van der Waals surface area contributed by atoms with Crippen LogP contribution in [0.4, 0.5) is 14.9 Å². The van der Waals surface area contributed by atoms with E-state index in [0.717, 1.165) is 9.37 Å². The van der Waals surface area contributed by atoms with Crippen molar-refractivity contribution in [2.45, 2.75) is 13.5 Å². The molecule has 0 bridgehead atoms. The quantitative estimate of drug-likeness (QED) is 0.195. The van der Waals surface area contributed by atoms with E-state index in [-0.39, 0.29) is 18.0 Å². The molecule has 0 aliphatic carbocycles. The van der Waals surface area contributed by atoms with E-state index in [2.05, 4.69) is 43.8 Å². The van der Waals surface area contributed by atoms with Gasteiger partial charge in [-0.25, -0.2) is 14.1 Å². The second kappa shape index (κ2) is 11.2. The van der Waals surface area contributed by atoms with Crippen LogP contribution in [0, 0.1) is 9.39 Å². The summed E-state index contributed by atoms with van der Waals surface area (Å²) in [5, 5.41) is 2.21. The summed E-state index contributed by atoms with van der Waals surface area (Å²) in [4.78, 5) is 39.0. The average Bonchev–Trinajstić information content (AvgIpc) is 2.82. The zero-order chi connectivity index (χ0) is 25.8. The number of anilines is 1. The first-order chi connectivity index (χ1) is 17.3. The Hall–Kier alpha value is -3.25. The third-order valence-corrected chi connectivity index (χ3v) is 6.43. The monoisotopic (exact) mass is 664 g/mol. The maximum atomic E-state index is 13.5. The van der Waals surface area contributed by atoms with Gasteiger partial charge in [-0.1, -0.05) is 28.1 Å². The number of halogens is 3. The molecule has 4 rings (SSSR count). The van der Waals surface area contributed by atoms with Gasteiger partial charge in [-0.3, -0.25) is 14.9 Å². The Kier molecular flexibility index (Phi) is 8.04. The summed E-state index contributed by atoms with van der Waals surface area (Å²) in [6.45, 7) is 2.28. The number of benzene rings is 3. The molecule has 0 radical (unpaired) electrons. The summed E-state index contributed by atoms with van der Waals surface area (Å²) in [6.07, 6.45) is 1.40. The Balaban J connectivity index is 1.65. The lowest BCUT2D eigenvalue weighted by molar-refractivity contribution is -0.122. The SMILES string of the molecule is CCOc1cc(/C=C2\C(=O)NC(=O)N(c3ccc(Br)cc3)C2=O)cc(I)c1OCc1cccc(F)c1. The van der Waals surface area contributed by atoms with Crippen LogP contribution in [0.1, 0.15) is 18.1 Å². The maximum Gasteiger partial charge on any atom is 0.335 e. The molecule has 36 heavy (non-hydrogen) atoms. The lowest BCUT2D eigenvalue weighted by Crippen LogP contribution is -2.54. The lowest BCUT2D eigenvalue weighted by atomic mass is 10.1. The number of nitrogens with one attached hydrogen (secondary N) is 1. The second-order valence-electron chi connectivity index (χ2n) is 7.62. The first-order valence-electron chi connectivity index (χ1n) is 10.8. The van der Waals surface area contributed by atoms with Gasteiger partial charge in [-0.2, -0.15) is 0 Å². The van der Waals surface area contributed by atoms with E-state index >= 15 is 0 Å². The molecule has 1 heterocycles. The van der Waals surface area contributed by atoms with Crippen molar-refractivity contribution in [2.75, 3.05) is 11.5 Å². The molecule has 3 aromatic rings. The van der Waals surface area contributed by atoms with Gasteiger partial charge in [0, 0.05) is 4.47 Å². The highest BCUT2D eigenvalue weighted by molar-refractivity contribution is 14.1. The van der Waals surface area contributed by atoms with Crippen molar-refractivity contribution in [1.29, 1.82) is 0 Å². The van der Waals surface area contributed by atoms with Crippen LogP contribution >= 0.6 is 38.5 Å². The van der Waals surface area contributed by atoms with Crippen LogP contribution in [0.25, 0.3) is 6.08 Å². The Morgan fingerprint density at radius 2 is 1.81 bits per heavy atom. The Labute approximate surface area is 228 Å². The van der Waals surface area contributed by atoms with E-state index in [0.29, 0.717) is 38.5 Å². The first-order valence-corrected chi connectivity index (χ1v) is 12.6. The highest BCUT2D eigenvalue weighted by Gasteiger charge is 2.36. The molecule has 1 saturated heterocycles. The Morgan fingerprint density at radius 3 is 2.50 bits per heavy atom. The normalized spacial score (nSPS) is 14.7. The fourth-order valence-electron chi connectivity index (χ4n) is 3.51. The smallest absolute Gasteiger partial charge is 0.335 e. The summed E-state index contributed by atoms with van der Waals surface area (Å²) in [6, 6.07) is 15.2. The van der Waals surface area contributed by atoms with E-state index in [1.807, 2.05) is 6.92 Å². The highest BCUT2D eigenvalue weighted by atomic mass is 127. The number of barbiturate groups is 1. The predicted molar refractivity (Wildman–Crippen MR) is 144 cm³/mol. The van der Waals surface area contributed by atoms with Gasteiger partial charge < -0.3 is 9.47 Å². The van der Waals surface area contributed by atoms with Gasteiger partial charge in [0.2, 0.25) is 0 Å². The van der Waals surface area contributed by atoms with Gasteiger partial charge in [0.05, 0.1) is 15.9 Å². The standard InChI is InChI=1S/C26H19BrFIN2O5/c1-2-35-22-13-16(12-21(29)23(22)36-14-15-4-3-5-18(28)10-15)11-20-24(32)30-26(34)31(25(20)33)19-8-6-17(27)7-9-19/h3-13H,2,14H2,1H3,(H,30,32,34)/b20-11+. The number of carbonyl (C=O) groups is 3. The van der Waals surface area contributed by atoms with Crippen molar-refractivity contribution < 1.29 is 28.2 Å². The third kappa shape index (κ3) is 5.76. The van der Waals surface area contributed by atoms with Crippen LogP contribution in [0.3, 0.4) is 0 Å². The zero-order valence-electron chi connectivity index (χ0n) is 18.9. The molecule has 1 N–H and O–H groups in total. The molecule has 7 nitrogen and oxygen atoms in total. The van der Waals surface area contributed by atoms with E-state index in [1.165, 1.54) is 18.2 Å². The first kappa shape index (κ1) is 25.8. The van der Waals surface area contributed by atoms with Crippen molar-refractivity contribution in [3.05, 3.63) is 91.2 Å². The van der Waals surface area contributed by atoms with Crippen LogP contribution in [0.2, 0.25) is 0 Å². The highest BCUT2D eigenvalue weighted by Crippen LogP contribution is 2.36. The molecule has 184 valence electrons. The summed E-state index contributed by atoms with van der Waals surface area (Å²) >= 11 is 5.38. The number of hydrogen-bond acceptors (Lipinski definition) is 5. The number of hydrogen-bond donors (Lipinski definition) is 1. The van der Waals surface area contributed by atoms with Crippen molar-refractivity contribution in [3.8, 4) is 11.5 Å². The summed E-state index contributed by atoms with van der Waals surface area (Å²) in [5.74, 6) is -1.04. The molecule has 0 unspecified atom stereocenters. The minimum Gasteiger partial charge on any atom is -0.490 e. The minimum absolute atomic E-state index is 0.124. The molecule has 1 aliphatic rings. The summed E-state index contributed by atoms with van der Waals surface area (Å²) in [5.41, 5.74) is 1.28. The molecule has 3 aromatic carbocycles. The maximum absolute atomic E-state index is 13.5. The lowest BCUT2D eigenvalue weighted by Gasteiger charge is -2.26. The van der Waals surface area contributed by atoms with Crippen LogP contribution in [0.5, 0.6) is 11.5 Å². The molecule has 1 fully saturated rings. The topological polar surface area (TPSA) is 84.9 Å². The molecule has 0 atom stereocenters. The average molecular weight is 665 g/mol. The van der Waals surface area contributed by atoms with Gasteiger partial charge in [0.1, 0.15) is 18.0 Å². The molecule has 4 amide bonds. The van der Waals surface area contributed by atoms with Crippen molar-refractivity contribution >= 4 is 68.1 Å². The van der Waals surface area contributed by atoms with Crippen molar-refractivity contribution in [2.24, 2.45) is 0 Å². The number of nitrogens with zero attached hydrogens (tertiary/aromatic N) is 1. The number of urea groups is 1. The minimum atomic E-state index is -0.824. The Morgan fingerprint density at radius 1 is 1.06 bits per heavy atom. The fourth-order valence-corrected chi connectivity index (χ4v) is 4.55. The van der Waals surface area contributed by atoms with Crippen molar-refractivity contribution in [3.63, 3.8) is 0 Å². The van der Waals surface area contributed by atoms with Gasteiger partial charge in [-0.15, -0.1) is 0 Å². The number of carbonyl (C=O) groups excluding carboxylic acids is 3. The van der Waals surface area contributed by atoms with Crippen LogP contribution in [-0.4, -0.2) is 24.5 Å². The van der Waals surface area contributed by atoms with Gasteiger partial charge >= 0.3 is 6.03 Å². The Bertz CT molecular complexity index is 1380. The third-order valence-electron chi connectivity index (χ3n) is 5.10. The van der Waals surface area contributed by atoms with Crippen LogP contribution < -0.4 is 19.7 Å². The number of amides is 4. The predicted octanol–water partition coefficient (Wildman–Crippen LogP) is 5.84. The van der Waals surface area contributed by atoms with Crippen LogP contribution in [0.15, 0.2) is 70.7 Å². The van der Waals surface area contributed by atoms with Crippen molar-refractivity contribution in [1.82, 2.24) is 5.32 Å². The molecular formula is C26H19BrFIN2O5. The van der Waals surface area contributed by atoms with Gasteiger partial charge in [-0.05, 0) is 95.2 Å². The molecular weight excluding hydrogens is 646 g/mol. The second-order valence-corrected chi connectivity index (χ2v) is 9.69. The largest absolute Gasteiger partial charge is 0.490 e. The molecule has 0 spiro atoms. The van der Waals surface area contributed by atoms with E-state index < -0.39 is 17.8 Å². The molecule has 1 aliphatic heterocycles. The zero-order valence-corrected chi connectivity index (χ0v) is 22.6. The van der Waals surface area contributed by atoms with Crippen LogP contribution in [-0.2, 0) is 16.2 Å².